The molecule has 1 atom stereocenters. The first-order valence-corrected chi connectivity index (χ1v) is 12.7. The average Bonchev–Trinajstić information content (AvgIpc) is 2.74. The summed E-state index contributed by atoms with van der Waals surface area (Å²) >= 11 is 0. The van der Waals surface area contributed by atoms with E-state index in [-0.39, 0.29) is 36.2 Å². The number of hydrogen-bond donors (Lipinski definition) is 1. The number of carbonyl (C=O) groups excluding carboxylic acids is 2. The third kappa shape index (κ3) is 12.2. The first kappa shape index (κ1) is 39.4. The Morgan fingerprint density at radius 3 is 1.68 bits per heavy atom. The van der Waals surface area contributed by atoms with Crippen LogP contribution in [0.2, 0.25) is 0 Å². The molecule has 0 saturated heterocycles. The molecule has 0 aliphatic carbocycles. The molecule has 0 aromatic heterocycles. The first-order valence-electron chi connectivity index (χ1n) is 11.2. The molecule has 0 aliphatic heterocycles. The normalized spacial score (nSPS) is 14.0. The average molecular weight is 608 g/mol. The number of hydrogen-bond acceptors (Lipinski definition) is 6. The van der Waals surface area contributed by atoms with Gasteiger partial charge in [0.2, 0.25) is 0 Å². The molecule has 222 valence electrons. The van der Waals surface area contributed by atoms with E-state index in [0.717, 1.165) is 38.5 Å². The molecule has 0 bridgehead atoms. The molecule has 18 heteroatoms. The van der Waals surface area contributed by atoms with E-state index in [1.165, 1.54) is 0 Å². The van der Waals surface area contributed by atoms with Crippen molar-refractivity contribution in [3.05, 3.63) is 0 Å². The molecule has 0 saturated carbocycles. The zero-order chi connectivity index (χ0) is 29.1. The second-order valence-corrected chi connectivity index (χ2v) is 9.77. The number of rotatable bonds is 18. The van der Waals surface area contributed by atoms with Gasteiger partial charge in [-0.2, -0.15) is 47.9 Å². The summed E-state index contributed by atoms with van der Waals surface area (Å²) in [7, 11) is -5.30. The van der Waals surface area contributed by atoms with Gasteiger partial charge < -0.3 is 9.47 Å². The summed E-state index contributed by atoms with van der Waals surface area (Å²) in [5.74, 6) is -23.5. The fourth-order valence-electron chi connectivity index (χ4n) is 2.88. The van der Waals surface area contributed by atoms with Crippen LogP contribution in [0.3, 0.4) is 0 Å². The number of carbonyl (C=O) groups is 2. The maximum absolute atomic E-state index is 13.4. The quantitative estimate of drug-likeness (QED) is 0.0762. The molecule has 0 amide bonds. The Hall–Kier alpha value is -0.780. The van der Waals surface area contributed by atoms with E-state index in [1.807, 2.05) is 0 Å². The Labute approximate surface area is 236 Å². The van der Waals surface area contributed by atoms with Crippen molar-refractivity contribution in [2.45, 2.75) is 100 Å². The third-order valence-electron chi connectivity index (χ3n) is 5.11. The SMILES string of the molecule is CCCCCCCCCCOC(=O)C(CC(=O)OCCC(F)(F)C(F)(F)C(F)(F)C(F)(F)F)S(=O)(=O)O.[NaH]. The molecule has 0 radical (unpaired) electrons. The first-order chi connectivity index (χ1) is 16.7. The topological polar surface area (TPSA) is 107 Å². The molecule has 0 aromatic rings. The Balaban J connectivity index is 0. The van der Waals surface area contributed by atoms with Crippen LogP contribution in [0.5, 0.6) is 0 Å². The molecule has 0 aromatic carbocycles. The van der Waals surface area contributed by atoms with Crippen molar-refractivity contribution in [1.29, 1.82) is 0 Å². The summed E-state index contributed by atoms with van der Waals surface area (Å²) in [4.78, 5) is 23.6. The molecule has 0 aliphatic rings. The van der Waals surface area contributed by atoms with E-state index in [4.69, 9.17) is 4.55 Å². The van der Waals surface area contributed by atoms with Crippen LogP contribution < -0.4 is 0 Å². The molecule has 0 spiro atoms. The van der Waals surface area contributed by atoms with Crippen LogP contribution in [0.1, 0.15) is 71.1 Å². The van der Waals surface area contributed by atoms with Crippen molar-refractivity contribution in [2.75, 3.05) is 13.2 Å². The fourth-order valence-corrected chi connectivity index (χ4v) is 3.54. The maximum atomic E-state index is 13.4. The molecule has 0 rings (SSSR count). The van der Waals surface area contributed by atoms with Gasteiger partial charge >= 0.3 is 65.4 Å². The van der Waals surface area contributed by atoms with E-state index in [1.54, 1.807) is 0 Å². The Kier molecular flexibility index (Phi) is 17.1. The summed E-state index contributed by atoms with van der Waals surface area (Å²) < 4.78 is 156. The molecule has 38 heavy (non-hydrogen) atoms. The summed E-state index contributed by atoms with van der Waals surface area (Å²) in [5, 5.41) is -2.58. The van der Waals surface area contributed by atoms with Crippen molar-refractivity contribution >= 4 is 51.6 Å². The molecular formula is C20H30F9NaO7S. The van der Waals surface area contributed by atoms with Gasteiger partial charge in [0.15, 0.2) is 5.25 Å². The Morgan fingerprint density at radius 2 is 1.24 bits per heavy atom. The van der Waals surface area contributed by atoms with Crippen molar-refractivity contribution in [3.63, 3.8) is 0 Å². The van der Waals surface area contributed by atoms with Gasteiger partial charge in [-0.15, -0.1) is 0 Å². The van der Waals surface area contributed by atoms with Gasteiger partial charge in [0, 0.05) is 0 Å². The predicted octanol–water partition coefficient (Wildman–Crippen LogP) is 5.07. The Morgan fingerprint density at radius 1 is 0.763 bits per heavy atom. The molecule has 0 fully saturated rings. The summed E-state index contributed by atoms with van der Waals surface area (Å²) in [6.45, 7) is -0.0789. The second kappa shape index (κ2) is 16.5. The van der Waals surface area contributed by atoms with Crippen LogP contribution in [-0.4, -0.2) is 96.9 Å². The number of esters is 2. The fraction of sp³-hybridized carbons (Fsp3) is 0.900. The van der Waals surface area contributed by atoms with Gasteiger partial charge in [0.1, 0.15) is 0 Å². The van der Waals surface area contributed by atoms with E-state index >= 15 is 0 Å². The Bertz CT molecular complexity index is 837. The minimum absolute atomic E-state index is 0. The molecule has 7 nitrogen and oxygen atoms in total. The zero-order valence-electron chi connectivity index (χ0n) is 19.8. The van der Waals surface area contributed by atoms with Gasteiger partial charge in [0.25, 0.3) is 10.1 Å². The van der Waals surface area contributed by atoms with Gasteiger partial charge in [-0.1, -0.05) is 51.9 Å². The van der Waals surface area contributed by atoms with Crippen LogP contribution in [0.15, 0.2) is 0 Å². The molecule has 1 unspecified atom stereocenters. The molecular weight excluding hydrogens is 578 g/mol. The summed E-state index contributed by atoms with van der Waals surface area (Å²) in [5.41, 5.74) is 0. The third-order valence-corrected chi connectivity index (χ3v) is 6.18. The van der Waals surface area contributed by atoms with E-state index in [0.29, 0.717) is 12.8 Å². The zero-order valence-corrected chi connectivity index (χ0v) is 20.6. The van der Waals surface area contributed by atoms with Gasteiger partial charge in [0.05, 0.1) is 26.1 Å². The van der Waals surface area contributed by atoms with E-state index in [2.05, 4.69) is 16.4 Å². The van der Waals surface area contributed by atoms with Crippen LogP contribution in [-0.2, 0) is 29.2 Å². The van der Waals surface area contributed by atoms with E-state index in [9.17, 15) is 57.5 Å². The number of ether oxygens (including phenoxy) is 2. The van der Waals surface area contributed by atoms with Crippen molar-refractivity contribution in [3.8, 4) is 0 Å². The number of halogens is 9. The molecule has 1 N–H and O–H groups in total. The van der Waals surface area contributed by atoms with Gasteiger partial charge in [-0.05, 0) is 6.42 Å². The minimum atomic E-state index is -7.12. The van der Waals surface area contributed by atoms with Crippen LogP contribution in [0.25, 0.3) is 0 Å². The van der Waals surface area contributed by atoms with Crippen molar-refractivity contribution in [2.24, 2.45) is 0 Å². The number of alkyl halides is 9. The van der Waals surface area contributed by atoms with Gasteiger partial charge in [-0.3, -0.25) is 14.1 Å². The number of unbranched alkanes of at least 4 members (excludes halogenated alkanes) is 7. The van der Waals surface area contributed by atoms with Crippen LogP contribution in [0.4, 0.5) is 39.5 Å². The summed E-state index contributed by atoms with van der Waals surface area (Å²) in [6, 6.07) is 0. The summed E-state index contributed by atoms with van der Waals surface area (Å²) in [6.07, 6.45) is -4.16. The van der Waals surface area contributed by atoms with Crippen LogP contribution >= 0.6 is 0 Å². The monoisotopic (exact) mass is 608 g/mol. The van der Waals surface area contributed by atoms with Crippen LogP contribution in [0, 0.1) is 0 Å². The molecule has 0 heterocycles. The second-order valence-electron chi connectivity index (χ2n) is 8.17. The van der Waals surface area contributed by atoms with E-state index < -0.39 is 70.7 Å². The van der Waals surface area contributed by atoms with Crippen molar-refractivity contribution < 1.29 is 71.5 Å². The standard InChI is InChI=1S/C20H29F9O7S.Na.H/c1-2-3-4-5-6-7-8-9-11-36-16(31)14(37(32,33)34)13-15(30)35-12-10-17(21,22)18(23,24)19(25,26)20(27,28)29;;/h14H,2-13H2,1H3,(H,32,33,34);;. The predicted molar refractivity (Wildman–Crippen MR) is 117 cm³/mol. The van der Waals surface area contributed by atoms with Crippen molar-refractivity contribution in [1.82, 2.24) is 0 Å². The van der Waals surface area contributed by atoms with Gasteiger partial charge in [-0.25, -0.2) is 0 Å².